The highest BCUT2D eigenvalue weighted by Crippen LogP contribution is 2.39. The summed E-state index contributed by atoms with van der Waals surface area (Å²) in [6.45, 7) is 1.90. The second-order valence-electron chi connectivity index (χ2n) is 7.02. The second-order valence-corrected chi connectivity index (χ2v) is 8.54. The van der Waals surface area contributed by atoms with E-state index in [0.717, 1.165) is 32.5 Å². The molecular formula is C25H21ClN2O3S. The second kappa shape index (κ2) is 9.94. The van der Waals surface area contributed by atoms with Crippen molar-refractivity contribution in [2.24, 2.45) is 0 Å². The molecule has 0 unspecified atom stereocenters. The lowest BCUT2D eigenvalue weighted by Crippen LogP contribution is -2.14. The monoisotopic (exact) mass is 464 g/mol. The third-order valence-corrected chi connectivity index (χ3v) is 6.15. The van der Waals surface area contributed by atoms with Gasteiger partial charge >= 0.3 is 5.97 Å². The summed E-state index contributed by atoms with van der Waals surface area (Å²) >= 11 is 7.51. The summed E-state index contributed by atoms with van der Waals surface area (Å²) in [4.78, 5) is 14.6. The first kappa shape index (κ1) is 22.0. The maximum atomic E-state index is 12.9. The number of para-hydroxylation sites is 1. The van der Waals surface area contributed by atoms with Gasteiger partial charge in [0, 0.05) is 9.92 Å². The Morgan fingerprint density at radius 3 is 2.34 bits per heavy atom. The molecule has 0 bridgehead atoms. The van der Waals surface area contributed by atoms with Crippen LogP contribution in [0.5, 0.6) is 11.6 Å². The molecule has 0 fully saturated rings. The largest absolute Gasteiger partial charge is 0.497 e. The van der Waals surface area contributed by atoms with Gasteiger partial charge in [-0.25, -0.2) is 0 Å². The number of aryl methyl sites for hydroxylation is 1. The van der Waals surface area contributed by atoms with Crippen molar-refractivity contribution in [2.45, 2.75) is 23.1 Å². The average Bonchev–Trinajstić information content (AvgIpc) is 3.11. The molecule has 0 radical (unpaired) electrons. The minimum Gasteiger partial charge on any atom is -0.497 e. The third-order valence-electron chi connectivity index (χ3n) is 4.72. The highest BCUT2D eigenvalue weighted by atomic mass is 35.5. The molecule has 0 N–H and O–H groups in total. The zero-order valence-corrected chi connectivity index (χ0v) is 19.2. The molecule has 162 valence electrons. The van der Waals surface area contributed by atoms with Crippen LogP contribution < -0.4 is 9.47 Å². The van der Waals surface area contributed by atoms with Crippen LogP contribution in [0.2, 0.25) is 5.02 Å². The Hall–Kier alpha value is -3.22. The van der Waals surface area contributed by atoms with Crippen molar-refractivity contribution >= 4 is 29.3 Å². The molecule has 4 aromatic rings. The molecule has 0 spiro atoms. The molecule has 0 aliphatic rings. The van der Waals surface area contributed by atoms with E-state index < -0.39 is 0 Å². The minimum atomic E-state index is -0.370. The van der Waals surface area contributed by atoms with Crippen LogP contribution in [0, 0.1) is 6.92 Å². The van der Waals surface area contributed by atoms with Crippen LogP contribution >= 0.6 is 23.4 Å². The number of carbonyl (C=O) groups excluding carboxylic acids is 1. The Morgan fingerprint density at radius 1 is 1.00 bits per heavy atom. The van der Waals surface area contributed by atoms with Crippen LogP contribution in [0.1, 0.15) is 11.3 Å². The molecule has 3 aromatic carbocycles. The van der Waals surface area contributed by atoms with E-state index in [-0.39, 0.29) is 12.4 Å². The quantitative estimate of drug-likeness (QED) is 0.307. The van der Waals surface area contributed by atoms with E-state index >= 15 is 0 Å². The predicted octanol–water partition coefficient (Wildman–Crippen LogP) is 6.14. The van der Waals surface area contributed by atoms with Gasteiger partial charge in [-0.15, -0.1) is 0 Å². The van der Waals surface area contributed by atoms with E-state index in [9.17, 15) is 4.79 Å². The topological polar surface area (TPSA) is 53.4 Å². The fourth-order valence-electron chi connectivity index (χ4n) is 3.12. The van der Waals surface area contributed by atoms with Crippen molar-refractivity contribution in [1.29, 1.82) is 0 Å². The van der Waals surface area contributed by atoms with E-state index in [2.05, 4.69) is 5.10 Å². The summed E-state index contributed by atoms with van der Waals surface area (Å²) < 4.78 is 12.7. The van der Waals surface area contributed by atoms with Gasteiger partial charge in [-0.1, -0.05) is 53.7 Å². The van der Waals surface area contributed by atoms with Crippen LogP contribution in [0.3, 0.4) is 0 Å². The number of rotatable bonds is 7. The van der Waals surface area contributed by atoms with Crippen LogP contribution in [0.15, 0.2) is 88.7 Å². The van der Waals surface area contributed by atoms with E-state index in [1.807, 2.05) is 85.8 Å². The van der Waals surface area contributed by atoms with Crippen LogP contribution in [-0.4, -0.2) is 22.9 Å². The number of halogens is 1. The van der Waals surface area contributed by atoms with Gasteiger partial charge in [-0.3, -0.25) is 4.79 Å². The zero-order valence-electron chi connectivity index (χ0n) is 17.6. The standard InChI is InChI=1S/C25H21ClN2O3S/c1-17-24(32-22-14-10-19(26)11-15-22)25(28(27-17)20-6-4-3-5-7-20)31-23(29)16-18-8-12-21(30-2)13-9-18/h3-15H,16H2,1-2H3. The SMILES string of the molecule is COc1ccc(CC(=O)Oc2c(Sc3ccc(Cl)cc3)c(C)nn2-c2ccccc2)cc1. The number of nitrogens with zero attached hydrogens (tertiary/aromatic N) is 2. The Kier molecular flexibility index (Phi) is 6.83. The summed E-state index contributed by atoms with van der Waals surface area (Å²) in [5.74, 6) is 0.763. The van der Waals surface area contributed by atoms with Gasteiger partial charge in [0.05, 0.1) is 29.8 Å². The molecule has 32 heavy (non-hydrogen) atoms. The fraction of sp³-hybridized carbons (Fsp3) is 0.120. The van der Waals surface area contributed by atoms with Gasteiger partial charge in [0.2, 0.25) is 5.88 Å². The highest BCUT2D eigenvalue weighted by molar-refractivity contribution is 7.99. The molecule has 0 atom stereocenters. The van der Waals surface area contributed by atoms with E-state index in [1.165, 1.54) is 11.8 Å². The summed E-state index contributed by atoms with van der Waals surface area (Å²) in [6, 6.07) is 24.5. The first-order chi connectivity index (χ1) is 15.5. The van der Waals surface area contributed by atoms with Crippen molar-refractivity contribution in [3.63, 3.8) is 0 Å². The van der Waals surface area contributed by atoms with Gasteiger partial charge in [-0.2, -0.15) is 9.78 Å². The number of aromatic nitrogens is 2. The summed E-state index contributed by atoms with van der Waals surface area (Å²) in [6.07, 6.45) is 0.133. The number of ether oxygens (including phenoxy) is 2. The highest BCUT2D eigenvalue weighted by Gasteiger charge is 2.22. The predicted molar refractivity (Wildman–Crippen MR) is 126 cm³/mol. The van der Waals surface area contributed by atoms with E-state index in [0.29, 0.717) is 10.9 Å². The third kappa shape index (κ3) is 5.15. The lowest BCUT2D eigenvalue weighted by molar-refractivity contribution is -0.134. The lowest BCUT2D eigenvalue weighted by atomic mass is 10.1. The minimum absolute atomic E-state index is 0.133. The molecule has 5 nitrogen and oxygen atoms in total. The lowest BCUT2D eigenvalue weighted by Gasteiger charge is -2.10. The normalized spacial score (nSPS) is 10.7. The molecule has 0 saturated carbocycles. The smallest absolute Gasteiger partial charge is 0.317 e. The number of hydrogen-bond acceptors (Lipinski definition) is 5. The van der Waals surface area contributed by atoms with Crippen LogP contribution in [-0.2, 0) is 11.2 Å². The number of carbonyl (C=O) groups is 1. The molecule has 0 aliphatic carbocycles. The maximum absolute atomic E-state index is 12.9. The van der Waals surface area contributed by atoms with Crippen molar-refractivity contribution in [3.8, 4) is 17.3 Å². The first-order valence-electron chi connectivity index (χ1n) is 9.95. The fourth-order valence-corrected chi connectivity index (χ4v) is 4.16. The van der Waals surface area contributed by atoms with Crippen molar-refractivity contribution in [3.05, 3.63) is 95.1 Å². The van der Waals surface area contributed by atoms with Crippen LogP contribution in [0.4, 0.5) is 0 Å². The Labute approximate surface area is 195 Å². The zero-order chi connectivity index (χ0) is 22.5. The molecule has 0 saturated heterocycles. The maximum Gasteiger partial charge on any atom is 0.317 e. The van der Waals surface area contributed by atoms with Crippen LogP contribution in [0.25, 0.3) is 5.69 Å². The van der Waals surface area contributed by atoms with Crippen molar-refractivity contribution in [2.75, 3.05) is 7.11 Å². The van der Waals surface area contributed by atoms with E-state index in [1.54, 1.807) is 11.8 Å². The molecule has 7 heteroatoms. The van der Waals surface area contributed by atoms with Crippen molar-refractivity contribution in [1.82, 2.24) is 9.78 Å². The average molecular weight is 465 g/mol. The number of hydrogen-bond donors (Lipinski definition) is 0. The summed E-state index contributed by atoms with van der Waals surface area (Å²) in [5, 5.41) is 5.32. The van der Waals surface area contributed by atoms with Gasteiger partial charge in [0.1, 0.15) is 5.75 Å². The molecule has 0 aliphatic heterocycles. The molecule has 4 rings (SSSR count). The summed E-state index contributed by atoms with van der Waals surface area (Å²) in [7, 11) is 1.61. The molecule has 1 aromatic heterocycles. The molecular weight excluding hydrogens is 444 g/mol. The van der Waals surface area contributed by atoms with Gasteiger partial charge in [0.15, 0.2) is 0 Å². The van der Waals surface area contributed by atoms with E-state index in [4.69, 9.17) is 21.1 Å². The Bertz CT molecular complexity index is 1210. The summed E-state index contributed by atoms with van der Waals surface area (Å²) in [5.41, 5.74) is 2.41. The van der Waals surface area contributed by atoms with Gasteiger partial charge in [-0.05, 0) is 61.0 Å². The number of methoxy groups -OCH3 is 1. The van der Waals surface area contributed by atoms with Crippen molar-refractivity contribution < 1.29 is 14.3 Å². The van der Waals surface area contributed by atoms with Gasteiger partial charge in [0.25, 0.3) is 0 Å². The Balaban J connectivity index is 1.65. The molecule has 1 heterocycles. The Morgan fingerprint density at radius 2 is 1.69 bits per heavy atom. The number of benzene rings is 3. The van der Waals surface area contributed by atoms with Gasteiger partial charge < -0.3 is 9.47 Å². The number of esters is 1. The molecule has 0 amide bonds. The first-order valence-corrected chi connectivity index (χ1v) is 11.1.